The van der Waals surface area contributed by atoms with Crippen molar-refractivity contribution in [2.75, 3.05) is 0 Å². The van der Waals surface area contributed by atoms with Gasteiger partial charge < -0.3 is 10.4 Å². The van der Waals surface area contributed by atoms with Crippen molar-refractivity contribution in [2.24, 2.45) is 0 Å². The Balaban J connectivity index is 1.52. The summed E-state index contributed by atoms with van der Waals surface area (Å²) >= 11 is 6.48. The van der Waals surface area contributed by atoms with Crippen molar-refractivity contribution < 1.29 is 5.11 Å². The van der Waals surface area contributed by atoms with Gasteiger partial charge in [-0.1, -0.05) is 16.8 Å². The number of aromatic nitrogens is 7. The van der Waals surface area contributed by atoms with E-state index in [0.29, 0.717) is 33.0 Å². The molecule has 32 heavy (non-hydrogen) atoms. The molecule has 0 amide bonds. The number of nitrogens with zero attached hydrogens (tertiary/aromatic N) is 6. The first-order valence-electron chi connectivity index (χ1n) is 10.5. The van der Waals surface area contributed by atoms with Crippen LogP contribution in [0, 0.1) is 0 Å². The summed E-state index contributed by atoms with van der Waals surface area (Å²) in [7, 11) is 0. The van der Waals surface area contributed by atoms with E-state index in [9.17, 15) is 5.11 Å². The van der Waals surface area contributed by atoms with Gasteiger partial charge in [-0.3, -0.25) is 5.10 Å². The van der Waals surface area contributed by atoms with E-state index in [-0.39, 0.29) is 22.9 Å². The third kappa shape index (κ3) is 3.71. The van der Waals surface area contributed by atoms with Crippen molar-refractivity contribution in [3.05, 3.63) is 35.6 Å². The molecule has 3 N–H and O–H groups in total. The highest BCUT2D eigenvalue weighted by Gasteiger charge is 2.39. The molecule has 4 aromatic rings. The smallest absolute Gasteiger partial charge is 0.201 e. The molecule has 0 spiro atoms. The number of halogens is 1. The molecule has 0 aliphatic carbocycles. The van der Waals surface area contributed by atoms with E-state index in [1.165, 1.54) is 0 Å². The topological polar surface area (TPSA) is 117 Å². The first kappa shape index (κ1) is 20.8. The van der Waals surface area contributed by atoms with Crippen LogP contribution >= 0.6 is 11.6 Å². The van der Waals surface area contributed by atoms with Gasteiger partial charge >= 0.3 is 0 Å². The Morgan fingerprint density at radius 2 is 1.78 bits per heavy atom. The molecule has 1 saturated heterocycles. The second kappa shape index (κ2) is 7.25. The van der Waals surface area contributed by atoms with Crippen molar-refractivity contribution in [2.45, 2.75) is 57.7 Å². The first-order valence-corrected chi connectivity index (χ1v) is 10.9. The zero-order valence-electron chi connectivity index (χ0n) is 18.4. The zero-order valence-corrected chi connectivity index (χ0v) is 19.1. The third-order valence-corrected chi connectivity index (χ3v) is 6.22. The molecule has 9 nitrogen and oxygen atoms in total. The first-order chi connectivity index (χ1) is 15.1. The van der Waals surface area contributed by atoms with Gasteiger partial charge in [-0.05, 0) is 58.7 Å². The molecule has 5 rings (SSSR count). The predicted molar refractivity (Wildman–Crippen MR) is 122 cm³/mol. The van der Waals surface area contributed by atoms with Crippen LogP contribution in [0.5, 0.6) is 5.75 Å². The number of hydrogen-bond acceptors (Lipinski definition) is 7. The molecule has 3 aromatic heterocycles. The van der Waals surface area contributed by atoms with Gasteiger partial charge in [-0.2, -0.15) is 5.10 Å². The standard InChI is InChI=1S/C22H25ClN8O/c1-21(2)8-13(9-22(3,4)29-21)31-20-18(27-30-31)7-17(26-28-20)15-5-16(23)14(6-19(15)32)12-10-24-25-11-12/h5-7,10-11,13,29,32H,8-9H2,1-4H3,(H,24,25). The van der Waals surface area contributed by atoms with Gasteiger partial charge in [0, 0.05) is 39.0 Å². The maximum absolute atomic E-state index is 10.7. The molecule has 0 saturated carbocycles. The average Bonchev–Trinajstić information content (AvgIpc) is 3.36. The van der Waals surface area contributed by atoms with Crippen LogP contribution in [-0.2, 0) is 0 Å². The van der Waals surface area contributed by atoms with Gasteiger partial charge in [-0.15, -0.1) is 15.3 Å². The average molecular weight is 453 g/mol. The third-order valence-electron chi connectivity index (χ3n) is 5.91. The molecule has 0 atom stereocenters. The summed E-state index contributed by atoms with van der Waals surface area (Å²) in [5, 5.41) is 39.1. The molecule has 0 unspecified atom stereocenters. The fraction of sp³-hybridized carbons (Fsp3) is 0.409. The summed E-state index contributed by atoms with van der Waals surface area (Å²) < 4.78 is 1.88. The number of phenolic OH excluding ortho intramolecular Hbond substituents is 1. The van der Waals surface area contributed by atoms with Crippen molar-refractivity contribution in [1.82, 2.24) is 40.7 Å². The number of fused-ring (bicyclic) bond motifs is 1. The lowest BCUT2D eigenvalue weighted by molar-refractivity contribution is 0.127. The van der Waals surface area contributed by atoms with Gasteiger partial charge in [0.2, 0.25) is 5.65 Å². The highest BCUT2D eigenvalue weighted by Crippen LogP contribution is 2.39. The van der Waals surface area contributed by atoms with E-state index in [1.807, 2.05) is 4.68 Å². The molecular formula is C22H25ClN8O. The SMILES string of the molecule is CC1(C)CC(n2nnc3cc(-c4cc(Cl)c(-c5cn[nH]c5)cc4O)nnc32)CC(C)(C)N1. The molecule has 166 valence electrons. The summed E-state index contributed by atoms with van der Waals surface area (Å²) in [5.74, 6) is 0.0495. The Bertz CT molecular complexity index is 1280. The summed E-state index contributed by atoms with van der Waals surface area (Å²) in [6, 6.07) is 5.22. The molecule has 1 aromatic carbocycles. The lowest BCUT2D eigenvalue weighted by Gasteiger charge is -2.46. The summed E-state index contributed by atoms with van der Waals surface area (Å²) in [6.07, 6.45) is 5.18. The molecule has 10 heteroatoms. The summed E-state index contributed by atoms with van der Waals surface area (Å²) in [6.45, 7) is 8.79. The van der Waals surface area contributed by atoms with Crippen LogP contribution in [0.1, 0.15) is 46.6 Å². The zero-order chi connectivity index (χ0) is 22.7. The van der Waals surface area contributed by atoms with Gasteiger partial charge in [0.1, 0.15) is 11.3 Å². The minimum atomic E-state index is -0.0304. The van der Waals surface area contributed by atoms with Crippen LogP contribution in [0.15, 0.2) is 30.6 Å². The monoisotopic (exact) mass is 452 g/mol. The Morgan fingerprint density at radius 1 is 1.03 bits per heavy atom. The van der Waals surface area contributed by atoms with Crippen LogP contribution < -0.4 is 5.32 Å². The molecule has 0 bridgehead atoms. The number of rotatable bonds is 3. The van der Waals surface area contributed by atoms with E-state index in [0.717, 1.165) is 18.4 Å². The van der Waals surface area contributed by atoms with Crippen LogP contribution in [0.3, 0.4) is 0 Å². The maximum Gasteiger partial charge on any atom is 0.201 e. The fourth-order valence-electron chi connectivity index (χ4n) is 4.96. The van der Waals surface area contributed by atoms with Crippen LogP contribution in [0.2, 0.25) is 5.02 Å². The minimum Gasteiger partial charge on any atom is -0.507 e. The number of aromatic amines is 1. The Kier molecular flexibility index (Phi) is 4.72. The maximum atomic E-state index is 10.7. The van der Waals surface area contributed by atoms with Crippen molar-refractivity contribution in [3.63, 3.8) is 0 Å². The molecular weight excluding hydrogens is 428 g/mol. The lowest BCUT2D eigenvalue weighted by atomic mass is 9.80. The largest absolute Gasteiger partial charge is 0.507 e. The Labute approximate surface area is 190 Å². The van der Waals surface area contributed by atoms with Crippen LogP contribution in [-0.4, -0.2) is 51.6 Å². The number of phenols is 1. The van der Waals surface area contributed by atoms with Crippen molar-refractivity contribution in [1.29, 1.82) is 0 Å². The molecule has 1 fully saturated rings. The molecule has 1 aliphatic rings. The van der Waals surface area contributed by atoms with Crippen molar-refractivity contribution in [3.8, 4) is 28.1 Å². The number of hydrogen-bond donors (Lipinski definition) is 3. The highest BCUT2D eigenvalue weighted by molar-refractivity contribution is 6.33. The van der Waals surface area contributed by atoms with E-state index in [2.05, 4.69) is 63.7 Å². The number of aromatic hydroxyl groups is 1. The number of piperidine rings is 1. The number of nitrogens with one attached hydrogen (secondary N) is 2. The van der Waals surface area contributed by atoms with Gasteiger partial charge in [0.05, 0.1) is 17.9 Å². The fourth-order valence-corrected chi connectivity index (χ4v) is 5.23. The van der Waals surface area contributed by atoms with Gasteiger partial charge in [0.25, 0.3) is 0 Å². The van der Waals surface area contributed by atoms with E-state index in [4.69, 9.17) is 11.6 Å². The number of H-pyrrole nitrogens is 1. The van der Waals surface area contributed by atoms with Crippen LogP contribution in [0.4, 0.5) is 0 Å². The number of benzene rings is 1. The second-order valence-electron chi connectivity index (χ2n) is 9.76. The Hall–Kier alpha value is -3.04. The Morgan fingerprint density at radius 3 is 2.47 bits per heavy atom. The van der Waals surface area contributed by atoms with E-state index >= 15 is 0 Å². The summed E-state index contributed by atoms with van der Waals surface area (Å²) in [5.41, 5.74) is 3.62. The summed E-state index contributed by atoms with van der Waals surface area (Å²) in [4.78, 5) is 0. The lowest BCUT2D eigenvalue weighted by Crippen LogP contribution is -2.58. The molecule has 4 heterocycles. The predicted octanol–water partition coefficient (Wildman–Crippen LogP) is 4.12. The molecule has 0 radical (unpaired) electrons. The van der Waals surface area contributed by atoms with E-state index in [1.54, 1.807) is 30.6 Å². The van der Waals surface area contributed by atoms with E-state index < -0.39 is 0 Å². The van der Waals surface area contributed by atoms with Crippen molar-refractivity contribution >= 4 is 22.8 Å². The van der Waals surface area contributed by atoms with Gasteiger partial charge in [0.15, 0.2) is 0 Å². The molecule has 1 aliphatic heterocycles. The minimum absolute atomic E-state index is 0.0304. The quantitative estimate of drug-likeness (QED) is 0.428. The van der Waals surface area contributed by atoms with Gasteiger partial charge in [-0.25, -0.2) is 4.68 Å². The second-order valence-corrected chi connectivity index (χ2v) is 10.2. The highest BCUT2D eigenvalue weighted by atomic mass is 35.5. The normalized spacial score (nSPS) is 18.3. The van der Waals surface area contributed by atoms with Crippen LogP contribution in [0.25, 0.3) is 33.5 Å².